The van der Waals surface area contributed by atoms with Crippen molar-refractivity contribution in [3.63, 3.8) is 0 Å². The normalized spacial score (nSPS) is 13.9. The smallest absolute Gasteiger partial charge is 0.317 e. The zero-order valence-electron chi connectivity index (χ0n) is 21.8. The fourth-order valence-electron chi connectivity index (χ4n) is 4.65. The molecule has 1 saturated heterocycles. The summed E-state index contributed by atoms with van der Waals surface area (Å²) < 4.78 is 7.52. The van der Waals surface area contributed by atoms with Gasteiger partial charge in [-0.25, -0.2) is 9.78 Å². The largest absolute Gasteiger partial charge is 0.496 e. The molecule has 0 spiro atoms. The molecule has 0 atom stereocenters. The number of nitrogens with zero attached hydrogens (tertiary/aromatic N) is 6. The summed E-state index contributed by atoms with van der Waals surface area (Å²) in [4.78, 5) is 29.2. The Balaban J connectivity index is 1.47. The minimum Gasteiger partial charge on any atom is -0.496 e. The van der Waals surface area contributed by atoms with Gasteiger partial charge in [-0.1, -0.05) is 23.4 Å². The number of urea groups is 1. The third-order valence-electron chi connectivity index (χ3n) is 6.63. The molecule has 0 radical (unpaired) electrons. The lowest BCUT2D eigenvalue weighted by molar-refractivity contribution is 0.140. The van der Waals surface area contributed by atoms with Crippen LogP contribution in [-0.2, 0) is 6.54 Å². The summed E-state index contributed by atoms with van der Waals surface area (Å²) in [5.74, 6) is 7.48. The lowest BCUT2D eigenvalue weighted by Crippen LogP contribution is -2.51. The number of carbonyl (C=O) groups excluding carboxylic acids is 1. The summed E-state index contributed by atoms with van der Waals surface area (Å²) in [5, 5.41) is 3.65. The van der Waals surface area contributed by atoms with Crippen molar-refractivity contribution in [2.75, 3.05) is 52.6 Å². The average molecular weight is 525 g/mol. The van der Waals surface area contributed by atoms with Crippen LogP contribution in [0.25, 0.3) is 11.0 Å². The summed E-state index contributed by atoms with van der Waals surface area (Å²) in [5.41, 5.74) is 10.1. The Kier molecular flexibility index (Phi) is 8.36. The Morgan fingerprint density at radius 3 is 2.70 bits per heavy atom. The molecule has 0 unspecified atom stereocenters. The Bertz CT molecular complexity index is 1350. The summed E-state index contributed by atoms with van der Waals surface area (Å²) in [6, 6.07) is -0.0125. The van der Waals surface area contributed by atoms with E-state index in [0.717, 1.165) is 73.7 Å². The van der Waals surface area contributed by atoms with E-state index in [1.807, 2.05) is 35.7 Å². The number of nitrogens with one attached hydrogen (secondary N) is 1. The standard InChI is InChI=1S/C26H33ClN8O2/c1-17-14-30-20(18(2)22(17)37-4)16-35-15-19(21-23(27)31-25(28)32-24(21)35)8-6-5-7-9-33-10-12-34(13-11-33)26(36)29-3/h14-15H,5,7,9-13,16H2,1-4H3,(H,29,36)(H2,28,31,32). The van der Waals surface area contributed by atoms with E-state index < -0.39 is 0 Å². The number of aromatic nitrogens is 4. The predicted molar refractivity (Wildman–Crippen MR) is 145 cm³/mol. The number of hydrogen-bond donors (Lipinski definition) is 2. The van der Waals surface area contributed by atoms with Crippen LogP contribution in [0.5, 0.6) is 5.75 Å². The molecule has 11 heteroatoms. The molecular formula is C26H33ClN8O2. The minimum atomic E-state index is -0.0125. The molecule has 4 heterocycles. The number of halogens is 1. The van der Waals surface area contributed by atoms with E-state index >= 15 is 0 Å². The second kappa shape index (κ2) is 11.7. The van der Waals surface area contributed by atoms with Crippen molar-refractivity contribution >= 4 is 34.6 Å². The zero-order valence-corrected chi connectivity index (χ0v) is 22.5. The number of carbonyl (C=O) groups is 1. The minimum absolute atomic E-state index is 0.0125. The summed E-state index contributed by atoms with van der Waals surface area (Å²) in [6.45, 7) is 8.62. The molecule has 0 aromatic carbocycles. The van der Waals surface area contributed by atoms with Gasteiger partial charge in [0.25, 0.3) is 0 Å². The molecule has 1 aliphatic rings. The molecule has 37 heavy (non-hydrogen) atoms. The Labute approximate surface area is 222 Å². The van der Waals surface area contributed by atoms with Gasteiger partial charge >= 0.3 is 6.03 Å². The Morgan fingerprint density at radius 1 is 1.24 bits per heavy atom. The number of pyridine rings is 1. The second-order valence-corrected chi connectivity index (χ2v) is 9.44. The maximum Gasteiger partial charge on any atom is 0.317 e. The van der Waals surface area contributed by atoms with E-state index in [4.69, 9.17) is 22.1 Å². The average Bonchev–Trinajstić information content (AvgIpc) is 3.22. The second-order valence-electron chi connectivity index (χ2n) is 9.08. The van der Waals surface area contributed by atoms with Gasteiger partial charge in [-0.15, -0.1) is 0 Å². The van der Waals surface area contributed by atoms with Crippen molar-refractivity contribution in [2.24, 2.45) is 0 Å². The maximum atomic E-state index is 11.7. The van der Waals surface area contributed by atoms with Gasteiger partial charge in [0.15, 0.2) is 0 Å². The number of piperazine rings is 1. The van der Waals surface area contributed by atoms with Crippen LogP contribution in [0.2, 0.25) is 5.15 Å². The van der Waals surface area contributed by atoms with Crippen LogP contribution in [0.4, 0.5) is 10.7 Å². The predicted octanol–water partition coefficient (Wildman–Crippen LogP) is 2.82. The molecule has 196 valence electrons. The third-order valence-corrected chi connectivity index (χ3v) is 6.91. The first-order valence-electron chi connectivity index (χ1n) is 12.3. The zero-order chi connectivity index (χ0) is 26.5. The lowest BCUT2D eigenvalue weighted by Gasteiger charge is -2.34. The van der Waals surface area contributed by atoms with Gasteiger partial charge in [0, 0.05) is 63.2 Å². The first-order valence-corrected chi connectivity index (χ1v) is 12.7. The van der Waals surface area contributed by atoms with E-state index in [9.17, 15) is 4.79 Å². The molecule has 0 saturated carbocycles. The van der Waals surface area contributed by atoms with Gasteiger partial charge in [0.2, 0.25) is 5.95 Å². The monoisotopic (exact) mass is 524 g/mol. The SMILES string of the molecule is CNC(=O)N1CCN(CCCC#Cc2cn(Cc3ncc(C)c(OC)c3C)c3nc(N)nc(Cl)c23)CC1. The Hall–Kier alpha value is -3.55. The van der Waals surface area contributed by atoms with Crippen molar-refractivity contribution < 1.29 is 9.53 Å². The van der Waals surface area contributed by atoms with Gasteiger partial charge in [-0.05, 0) is 26.8 Å². The quantitative estimate of drug-likeness (QED) is 0.289. The van der Waals surface area contributed by atoms with Gasteiger partial charge in [-0.3, -0.25) is 9.88 Å². The highest BCUT2D eigenvalue weighted by molar-refractivity contribution is 6.34. The van der Waals surface area contributed by atoms with Crippen molar-refractivity contribution in [1.82, 2.24) is 34.6 Å². The van der Waals surface area contributed by atoms with Crippen molar-refractivity contribution in [3.05, 3.63) is 39.9 Å². The number of nitrogens with two attached hydrogens (primary N) is 1. The number of unbranched alkanes of at least 4 members (excludes halogenated alkanes) is 1. The summed E-state index contributed by atoms with van der Waals surface area (Å²) >= 11 is 6.48. The fraction of sp³-hybridized carbons (Fsp3) is 0.462. The number of methoxy groups -OCH3 is 1. The van der Waals surface area contributed by atoms with Gasteiger partial charge in [0.1, 0.15) is 16.5 Å². The highest BCUT2D eigenvalue weighted by Gasteiger charge is 2.20. The molecule has 0 bridgehead atoms. The van der Waals surface area contributed by atoms with Crippen LogP contribution >= 0.6 is 11.6 Å². The molecule has 1 aliphatic heterocycles. The van der Waals surface area contributed by atoms with Crippen molar-refractivity contribution in [1.29, 1.82) is 0 Å². The van der Waals surface area contributed by atoms with Crippen molar-refractivity contribution in [3.8, 4) is 17.6 Å². The third kappa shape index (κ3) is 5.89. The highest BCUT2D eigenvalue weighted by atomic mass is 35.5. The summed E-state index contributed by atoms with van der Waals surface area (Å²) in [7, 11) is 3.33. The van der Waals surface area contributed by atoms with Crippen LogP contribution in [-0.4, -0.2) is 82.2 Å². The number of ether oxygens (including phenoxy) is 1. The van der Waals surface area contributed by atoms with E-state index in [1.54, 1.807) is 14.2 Å². The van der Waals surface area contributed by atoms with Crippen LogP contribution < -0.4 is 15.8 Å². The molecule has 3 aromatic heterocycles. The van der Waals surface area contributed by atoms with Crippen LogP contribution in [0.1, 0.15) is 35.2 Å². The Morgan fingerprint density at radius 2 is 2.00 bits per heavy atom. The first-order chi connectivity index (χ1) is 17.8. The molecular weight excluding hydrogens is 492 g/mol. The number of fused-ring (bicyclic) bond motifs is 1. The molecule has 3 N–H and O–H groups in total. The van der Waals surface area contributed by atoms with Crippen LogP contribution in [0, 0.1) is 25.7 Å². The molecule has 2 amide bonds. The lowest BCUT2D eigenvalue weighted by atomic mass is 10.1. The number of aryl methyl sites for hydroxylation is 1. The van der Waals surface area contributed by atoms with Crippen molar-refractivity contribution in [2.45, 2.75) is 33.2 Å². The molecule has 4 rings (SSSR count). The van der Waals surface area contributed by atoms with E-state index in [1.165, 1.54) is 0 Å². The van der Waals surface area contributed by atoms with Gasteiger partial charge < -0.3 is 25.3 Å². The van der Waals surface area contributed by atoms with E-state index in [-0.39, 0.29) is 17.1 Å². The fourth-order valence-corrected chi connectivity index (χ4v) is 4.92. The number of anilines is 1. The number of nitrogen functional groups attached to an aromatic ring is 1. The maximum absolute atomic E-state index is 11.7. The van der Waals surface area contributed by atoms with E-state index in [0.29, 0.717) is 17.6 Å². The molecule has 10 nitrogen and oxygen atoms in total. The van der Waals surface area contributed by atoms with Gasteiger partial charge in [-0.2, -0.15) is 4.98 Å². The first kappa shape index (κ1) is 26.5. The van der Waals surface area contributed by atoms with Crippen LogP contribution in [0.3, 0.4) is 0 Å². The number of rotatable bonds is 6. The van der Waals surface area contributed by atoms with Crippen LogP contribution in [0.15, 0.2) is 12.4 Å². The topological polar surface area (TPSA) is 114 Å². The number of amides is 2. The highest BCUT2D eigenvalue weighted by Crippen LogP contribution is 2.29. The van der Waals surface area contributed by atoms with E-state index in [2.05, 4.69) is 37.0 Å². The molecule has 3 aromatic rings. The molecule has 0 aliphatic carbocycles. The molecule has 1 fully saturated rings. The summed E-state index contributed by atoms with van der Waals surface area (Å²) in [6.07, 6.45) is 5.42. The number of hydrogen-bond acceptors (Lipinski definition) is 7. The van der Waals surface area contributed by atoms with Gasteiger partial charge in [0.05, 0.1) is 30.3 Å².